The molecule has 0 bridgehead atoms. The van der Waals surface area contributed by atoms with Crippen molar-refractivity contribution in [3.63, 3.8) is 0 Å². The molecular weight excluding hydrogens is 156 g/mol. The smallest absolute Gasteiger partial charge is 0.317 e. The molecular formula is C9H12O3. The minimum Gasteiger partial charge on any atom is -0.393 e. The van der Waals surface area contributed by atoms with Gasteiger partial charge in [0.15, 0.2) is 0 Å². The fourth-order valence-electron chi connectivity index (χ4n) is 1.35. The van der Waals surface area contributed by atoms with E-state index in [2.05, 4.69) is 11.3 Å². The number of hydrogen-bond donors (Lipinski definition) is 0. The number of rotatable bonds is 3. The van der Waals surface area contributed by atoms with Gasteiger partial charge < -0.3 is 4.74 Å². The Morgan fingerprint density at radius 2 is 2.42 bits per heavy atom. The van der Waals surface area contributed by atoms with E-state index >= 15 is 0 Å². The molecule has 0 radical (unpaired) electrons. The lowest BCUT2D eigenvalue weighted by atomic mass is 9.90. The van der Waals surface area contributed by atoms with Crippen molar-refractivity contribution < 1.29 is 14.3 Å². The number of cyclic esters (lactones) is 2. The molecule has 0 saturated carbocycles. The van der Waals surface area contributed by atoms with E-state index in [1.54, 1.807) is 6.08 Å². The first-order valence-electron chi connectivity index (χ1n) is 4.00. The monoisotopic (exact) mass is 168 g/mol. The fraction of sp³-hybridized carbons (Fsp3) is 0.556. The van der Waals surface area contributed by atoms with Crippen LogP contribution in [0.2, 0.25) is 0 Å². The van der Waals surface area contributed by atoms with Crippen molar-refractivity contribution in [3.05, 3.63) is 12.7 Å². The van der Waals surface area contributed by atoms with Gasteiger partial charge in [0.05, 0.1) is 12.3 Å². The van der Waals surface area contributed by atoms with Gasteiger partial charge >= 0.3 is 11.9 Å². The minimum absolute atomic E-state index is 0.154. The van der Waals surface area contributed by atoms with E-state index in [0.29, 0.717) is 0 Å². The highest BCUT2D eigenvalue weighted by molar-refractivity contribution is 5.94. The van der Waals surface area contributed by atoms with Gasteiger partial charge in [-0.1, -0.05) is 13.0 Å². The summed E-state index contributed by atoms with van der Waals surface area (Å²) in [5.74, 6) is -0.882. The molecule has 0 amide bonds. The Morgan fingerprint density at radius 3 is 2.83 bits per heavy atom. The summed E-state index contributed by atoms with van der Waals surface area (Å²) in [6, 6.07) is 0. The second-order valence-electron chi connectivity index (χ2n) is 3.11. The standard InChI is InChI=1S/C9H12O3/c1-3-4-6(2)7-5-8(10)12-9(7)11/h3,6-7H,1,4-5H2,2H3. The third kappa shape index (κ3) is 1.72. The second-order valence-corrected chi connectivity index (χ2v) is 3.11. The van der Waals surface area contributed by atoms with Gasteiger partial charge in [-0.2, -0.15) is 0 Å². The minimum atomic E-state index is -0.402. The largest absolute Gasteiger partial charge is 0.393 e. The van der Waals surface area contributed by atoms with E-state index in [0.717, 1.165) is 6.42 Å². The fourth-order valence-corrected chi connectivity index (χ4v) is 1.35. The molecule has 2 unspecified atom stereocenters. The zero-order chi connectivity index (χ0) is 9.14. The Bertz CT molecular complexity index is 220. The topological polar surface area (TPSA) is 43.4 Å². The molecule has 0 aromatic heterocycles. The Kier molecular flexibility index (Phi) is 2.63. The molecule has 0 spiro atoms. The molecule has 0 aromatic carbocycles. The van der Waals surface area contributed by atoms with Gasteiger partial charge in [-0.3, -0.25) is 9.59 Å². The molecule has 66 valence electrons. The third-order valence-corrected chi connectivity index (χ3v) is 2.13. The molecule has 1 aliphatic rings. The second kappa shape index (κ2) is 3.52. The van der Waals surface area contributed by atoms with Crippen LogP contribution in [0.1, 0.15) is 19.8 Å². The molecule has 1 rings (SSSR count). The molecule has 0 aliphatic carbocycles. The first kappa shape index (κ1) is 8.97. The Morgan fingerprint density at radius 1 is 1.75 bits per heavy atom. The quantitative estimate of drug-likeness (QED) is 0.362. The average molecular weight is 168 g/mol. The normalized spacial score (nSPS) is 25.2. The first-order valence-corrected chi connectivity index (χ1v) is 4.00. The summed E-state index contributed by atoms with van der Waals surface area (Å²) >= 11 is 0. The maximum absolute atomic E-state index is 11.0. The van der Waals surface area contributed by atoms with Crippen LogP contribution in [0.5, 0.6) is 0 Å². The van der Waals surface area contributed by atoms with Gasteiger partial charge in [-0.15, -0.1) is 6.58 Å². The summed E-state index contributed by atoms with van der Waals surface area (Å²) in [5, 5.41) is 0. The van der Waals surface area contributed by atoms with Gasteiger partial charge in [0.1, 0.15) is 0 Å². The summed E-state index contributed by atoms with van der Waals surface area (Å²) < 4.78 is 4.43. The summed E-state index contributed by atoms with van der Waals surface area (Å²) in [6.07, 6.45) is 2.72. The molecule has 3 nitrogen and oxygen atoms in total. The van der Waals surface area contributed by atoms with E-state index in [9.17, 15) is 9.59 Å². The van der Waals surface area contributed by atoms with E-state index in [4.69, 9.17) is 0 Å². The number of allylic oxidation sites excluding steroid dienone is 1. The van der Waals surface area contributed by atoms with Crippen LogP contribution in [0, 0.1) is 11.8 Å². The molecule has 2 atom stereocenters. The molecule has 12 heavy (non-hydrogen) atoms. The van der Waals surface area contributed by atoms with Crippen molar-refractivity contribution in [2.24, 2.45) is 11.8 Å². The van der Waals surface area contributed by atoms with Crippen LogP contribution >= 0.6 is 0 Å². The summed E-state index contributed by atoms with van der Waals surface area (Å²) in [4.78, 5) is 21.7. The Labute approximate surface area is 71.4 Å². The zero-order valence-corrected chi connectivity index (χ0v) is 7.08. The lowest BCUT2D eigenvalue weighted by Crippen LogP contribution is -2.16. The van der Waals surface area contributed by atoms with Crippen molar-refractivity contribution in [1.82, 2.24) is 0 Å². The number of carbonyl (C=O) groups is 2. The van der Waals surface area contributed by atoms with Crippen molar-refractivity contribution in [1.29, 1.82) is 0 Å². The van der Waals surface area contributed by atoms with Crippen LogP contribution in [0.3, 0.4) is 0 Å². The van der Waals surface area contributed by atoms with Gasteiger partial charge in [0.2, 0.25) is 0 Å². The van der Waals surface area contributed by atoms with Gasteiger partial charge in [0.25, 0.3) is 0 Å². The van der Waals surface area contributed by atoms with Gasteiger partial charge in [-0.25, -0.2) is 0 Å². The average Bonchev–Trinajstić information content (AvgIpc) is 2.30. The molecule has 1 aliphatic heterocycles. The molecule has 3 heteroatoms. The first-order chi connectivity index (χ1) is 5.65. The predicted molar refractivity (Wildman–Crippen MR) is 43.2 cm³/mol. The number of ether oxygens (including phenoxy) is 1. The predicted octanol–water partition coefficient (Wildman–Crippen LogP) is 1.29. The van der Waals surface area contributed by atoms with E-state index in [-0.39, 0.29) is 24.2 Å². The summed E-state index contributed by atoms with van der Waals surface area (Å²) in [7, 11) is 0. The zero-order valence-electron chi connectivity index (χ0n) is 7.08. The Hall–Kier alpha value is -1.12. The molecule has 0 N–H and O–H groups in total. The number of carbonyl (C=O) groups excluding carboxylic acids is 2. The van der Waals surface area contributed by atoms with E-state index in [1.807, 2.05) is 6.92 Å². The number of hydrogen-bond acceptors (Lipinski definition) is 3. The SMILES string of the molecule is C=CCC(C)C1CC(=O)OC1=O. The maximum atomic E-state index is 11.0. The highest BCUT2D eigenvalue weighted by atomic mass is 16.6. The van der Waals surface area contributed by atoms with Crippen molar-refractivity contribution in [2.45, 2.75) is 19.8 Å². The lowest BCUT2D eigenvalue weighted by molar-refractivity contribution is -0.153. The van der Waals surface area contributed by atoms with Crippen LogP contribution in [0.15, 0.2) is 12.7 Å². The van der Waals surface area contributed by atoms with Gasteiger partial charge in [0, 0.05) is 0 Å². The summed E-state index contributed by atoms with van der Waals surface area (Å²) in [6.45, 7) is 5.50. The van der Waals surface area contributed by atoms with Crippen LogP contribution in [0.4, 0.5) is 0 Å². The molecule has 1 saturated heterocycles. The molecule has 1 heterocycles. The molecule has 0 aromatic rings. The Balaban J connectivity index is 2.57. The van der Waals surface area contributed by atoms with Crippen LogP contribution in [-0.2, 0) is 14.3 Å². The van der Waals surface area contributed by atoms with Gasteiger partial charge in [-0.05, 0) is 12.3 Å². The van der Waals surface area contributed by atoms with Crippen LogP contribution in [0.25, 0.3) is 0 Å². The van der Waals surface area contributed by atoms with Crippen LogP contribution < -0.4 is 0 Å². The lowest BCUT2D eigenvalue weighted by Gasteiger charge is -2.11. The number of esters is 2. The molecule has 1 fully saturated rings. The van der Waals surface area contributed by atoms with Crippen molar-refractivity contribution in [2.75, 3.05) is 0 Å². The highest BCUT2D eigenvalue weighted by Gasteiger charge is 2.36. The maximum Gasteiger partial charge on any atom is 0.317 e. The van der Waals surface area contributed by atoms with Crippen molar-refractivity contribution >= 4 is 11.9 Å². The van der Waals surface area contributed by atoms with E-state index < -0.39 is 5.97 Å². The van der Waals surface area contributed by atoms with Crippen molar-refractivity contribution in [3.8, 4) is 0 Å². The highest BCUT2D eigenvalue weighted by Crippen LogP contribution is 2.26. The van der Waals surface area contributed by atoms with Crippen LogP contribution in [-0.4, -0.2) is 11.9 Å². The summed E-state index contributed by atoms with van der Waals surface area (Å²) in [5.41, 5.74) is 0. The third-order valence-electron chi connectivity index (χ3n) is 2.13. The van der Waals surface area contributed by atoms with E-state index in [1.165, 1.54) is 0 Å².